The van der Waals surface area contributed by atoms with E-state index in [1.807, 2.05) is 11.0 Å². The Morgan fingerprint density at radius 3 is 3.19 bits per heavy atom. The first-order valence-electron chi connectivity index (χ1n) is 5.22. The molecule has 0 aromatic carbocycles. The topological polar surface area (TPSA) is 62.7 Å². The van der Waals surface area contributed by atoms with Gasteiger partial charge in [0.15, 0.2) is 0 Å². The molecule has 2 rings (SSSR count). The Hall–Kier alpha value is -1.78. The Morgan fingerprint density at radius 2 is 2.50 bits per heavy atom. The summed E-state index contributed by atoms with van der Waals surface area (Å²) < 4.78 is 5.02. The number of hydrogen-bond acceptors (Lipinski definition) is 4. The first-order valence-corrected chi connectivity index (χ1v) is 5.22. The third-order valence-corrected chi connectivity index (χ3v) is 2.80. The SMILES string of the molecule is COc1cc(N2CCCC2C(=O)O)ccn1. The molecule has 1 saturated heterocycles. The van der Waals surface area contributed by atoms with Crippen molar-refractivity contribution in [1.82, 2.24) is 4.98 Å². The number of ether oxygens (including phenoxy) is 1. The number of anilines is 1. The molecule has 16 heavy (non-hydrogen) atoms. The van der Waals surface area contributed by atoms with Gasteiger partial charge in [-0.25, -0.2) is 9.78 Å². The number of aromatic nitrogens is 1. The Balaban J connectivity index is 2.25. The van der Waals surface area contributed by atoms with Gasteiger partial charge in [0.05, 0.1) is 7.11 Å². The van der Waals surface area contributed by atoms with Crippen LogP contribution in [0.15, 0.2) is 18.3 Å². The monoisotopic (exact) mass is 222 g/mol. The van der Waals surface area contributed by atoms with Crippen LogP contribution in [0.25, 0.3) is 0 Å². The van der Waals surface area contributed by atoms with E-state index in [1.165, 1.54) is 0 Å². The second-order valence-corrected chi connectivity index (χ2v) is 3.75. The van der Waals surface area contributed by atoms with Gasteiger partial charge in [0.25, 0.3) is 0 Å². The number of carboxylic acid groups (broad SMARTS) is 1. The van der Waals surface area contributed by atoms with Crippen LogP contribution < -0.4 is 9.64 Å². The number of pyridine rings is 1. The lowest BCUT2D eigenvalue weighted by Crippen LogP contribution is -2.35. The van der Waals surface area contributed by atoms with Gasteiger partial charge < -0.3 is 14.7 Å². The van der Waals surface area contributed by atoms with Crippen LogP contribution in [0.1, 0.15) is 12.8 Å². The van der Waals surface area contributed by atoms with Crippen LogP contribution in [0, 0.1) is 0 Å². The molecule has 1 aromatic rings. The molecule has 0 radical (unpaired) electrons. The summed E-state index contributed by atoms with van der Waals surface area (Å²) in [5, 5.41) is 9.08. The van der Waals surface area contributed by atoms with Gasteiger partial charge in [-0.15, -0.1) is 0 Å². The predicted octanol–water partition coefficient (Wildman–Crippen LogP) is 1.14. The molecule has 1 aliphatic heterocycles. The van der Waals surface area contributed by atoms with Crippen LogP contribution >= 0.6 is 0 Å². The minimum atomic E-state index is -0.770. The van der Waals surface area contributed by atoms with E-state index in [0.717, 1.165) is 18.7 Å². The molecule has 1 unspecified atom stereocenters. The van der Waals surface area contributed by atoms with Gasteiger partial charge in [-0.05, 0) is 18.9 Å². The van der Waals surface area contributed by atoms with E-state index in [-0.39, 0.29) is 0 Å². The molecule has 2 heterocycles. The number of rotatable bonds is 3. The summed E-state index contributed by atoms with van der Waals surface area (Å²) in [6.07, 6.45) is 3.23. The molecule has 5 heteroatoms. The fourth-order valence-electron chi connectivity index (χ4n) is 2.02. The molecular formula is C11H14N2O3. The summed E-state index contributed by atoms with van der Waals surface area (Å²) in [6.45, 7) is 0.768. The molecule has 0 aliphatic carbocycles. The van der Waals surface area contributed by atoms with E-state index < -0.39 is 12.0 Å². The lowest BCUT2D eigenvalue weighted by molar-refractivity contribution is -0.138. The number of methoxy groups -OCH3 is 1. The largest absolute Gasteiger partial charge is 0.481 e. The first kappa shape index (κ1) is 10.7. The molecule has 86 valence electrons. The maximum absolute atomic E-state index is 11.1. The standard InChI is InChI=1S/C11H14N2O3/c1-16-10-7-8(4-5-12-10)13-6-2-3-9(13)11(14)15/h4-5,7,9H,2-3,6H2,1H3,(H,14,15). The van der Waals surface area contributed by atoms with Crippen molar-refractivity contribution in [3.05, 3.63) is 18.3 Å². The van der Waals surface area contributed by atoms with Gasteiger partial charge in [0, 0.05) is 24.5 Å². The van der Waals surface area contributed by atoms with E-state index in [2.05, 4.69) is 4.98 Å². The van der Waals surface area contributed by atoms with Crippen molar-refractivity contribution >= 4 is 11.7 Å². The molecule has 1 atom stereocenters. The Kier molecular flexibility index (Phi) is 2.94. The van der Waals surface area contributed by atoms with Crippen LogP contribution in [0.5, 0.6) is 5.88 Å². The minimum Gasteiger partial charge on any atom is -0.481 e. The maximum Gasteiger partial charge on any atom is 0.326 e. The average molecular weight is 222 g/mol. The Bertz CT molecular complexity index is 395. The summed E-state index contributed by atoms with van der Waals surface area (Å²) in [5.74, 6) is -0.262. The molecule has 0 bridgehead atoms. The number of carboxylic acids is 1. The number of hydrogen-bond donors (Lipinski definition) is 1. The highest BCUT2D eigenvalue weighted by Crippen LogP contribution is 2.27. The molecule has 0 amide bonds. The first-order chi connectivity index (χ1) is 7.72. The minimum absolute atomic E-state index is 0.424. The van der Waals surface area contributed by atoms with Crippen molar-refractivity contribution in [2.24, 2.45) is 0 Å². The van der Waals surface area contributed by atoms with E-state index in [9.17, 15) is 4.79 Å². The van der Waals surface area contributed by atoms with Crippen LogP contribution in [0.4, 0.5) is 5.69 Å². The zero-order valence-corrected chi connectivity index (χ0v) is 9.09. The molecular weight excluding hydrogens is 208 g/mol. The molecule has 1 N–H and O–H groups in total. The number of aliphatic carboxylic acids is 1. The highest BCUT2D eigenvalue weighted by Gasteiger charge is 2.30. The lowest BCUT2D eigenvalue weighted by Gasteiger charge is -2.23. The molecule has 0 saturated carbocycles. The average Bonchev–Trinajstić information content (AvgIpc) is 2.78. The van der Waals surface area contributed by atoms with Crippen molar-refractivity contribution < 1.29 is 14.6 Å². The highest BCUT2D eigenvalue weighted by molar-refractivity contribution is 5.79. The molecule has 0 spiro atoms. The van der Waals surface area contributed by atoms with Crippen LogP contribution in [0.2, 0.25) is 0 Å². The zero-order valence-electron chi connectivity index (χ0n) is 9.09. The normalized spacial score (nSPS) is 19.8. The van der Waals surface area contributed by atoms with E-state index in [0.29, 0.717) is 12.3 Å². The zero-order chi connectivity index (χ0) is 11.5. The highest BCUT2D eigenvalue weighted by atomic mass is 16.5. The quantitative estimate of drug-likeness (QED) is 0.831. The van der Waals surface area contributed by atoms with Gasteiger partial charge in [-0.3, -0.25) is 0 Å². The van der Waals surface area contributed by atoms with Gasteiger partial charge in [0.1, 0.15) is 6.04 Å². The van der Waals surface area contributed by atoms with Crippen molar-refractivity contribution in [3.8, 4) is 5.88 Å². The Labute approximate surface area is 93.7 Å². The smallest absolute Gasteiger partial charge is 0.326 e. The summed E-state index contributed by atoms with van der Waals surface area (Å²) in [6, 6.07) is 3.15. The van der Waals surface area contributed by atoms with Crippen LogP contribution in [-0.4, -0.2) is 35.8 Å². The second kappa shape index (κ2) is 4.38. The third-order valence-electron chi connectivity index (χ3n) is 2.80. The lowest BCUT2D eigenvalue weighted by atomic mass is 10.2. The Morgan fingerprint density at radius 1 is 1.69 bits per heavy atom. The van der Waals surface area contributed by atoms with E-state index >= 15 is 0 Å². The van der Waals surface area contributed by atoms with Gasteiger partial charge in [-0.2, -0.15) is 0 Å². The predicted molar refractivity (Wildman–Crippen MR) is 58.8 cm³/mol. The van der Waals surface area contributed by atoms with Gasteiger partial charge >= 0.3 is 5.97 Å². The fraction of sp³-hybridized carbons (Fsp3) is 0.455. The second-order valence-electron chi connectivity index (χ2n) is 3.75. The summed E-state index contributed by atoms with van der Waals surface area (Å²) in [5.41, 5.74) is 0.858. The van der Waals surface area contributed by atoms with Gasteiger partial charge in [-0.1, -0.05) is 0 Å². The maximum atomic E-state index is 11.1. The van der Waals surface area contributed by atoms with E-state index in [4.69, 9.17) is 9.84 Å². The van der Waals surface area contributed by atoms with Crippen LogP contribution in [0.3, 0.4) is 0 Å². The summed E-state index contributed by atoms with van der Waals surface area (Å²) in [4.78, 5) is 16.9. The van der Waals surface area contributed by atoms with Gasteiger partial charge in [0.2, 0.25) is 5.88 Å². The molecule has 1 fully saturated rings. The van der Waals surface area contributed by atoms with Crippen molar-refractivity contribution in [1.29, 1.82) is 0 Å². The molecule has 1 aromatic heterocycles. The summed E-state index contributed by atoms with van der Waals surface area (Å²) in [7, 11) is 1.55. The number of nitrogens with zero attached hydrogens (tertiary/aromatic N) is 2. The van der Waals surface area contributed by atoms with Crippen LogP contribution in [-0.2, 0) is 4.79 Å². The molecule has 1 aliphatic rings. The van der Waals surface area contributed by atoms with Crippen molar-refractivity contribution in [2.45, 2.75) is 18.9 Å². The van der Waals surface area contributed by atoms with Crippen molar-refractivity contribution in [3.63, 3.8) is 0 Å². The third kappa shape index (κ3) is 1.93. The summed E-state index contributed by atoms with van der Waals surface area (Å²) >= 11 is 0. The molecule has 5 nitrogen and oxygen atoms in total. The fourth-order valence-corrected chi connectivity index (χ4v) is 2.02. The number of carbonyl (C=O) groups is 1. The van der Waals surface area contributed by atoms with Crippen molar-refractivity contribution in [2.75, 3.05) is 18.6 Å². The van der Waals surface area contributed by atoms with E-state index in [1.54, 1.807) is 19.4 Å².